The van der Waals surface area contributed by atoms with E-state index in [0.29, 0.717) is 11.5 Å². The van der Waals surface area contributed by atoms with Crippen LogP contribution in [0, 0.1) is 0 Å². The molecular formula is C22H15N7S. The first kappa shape index (κ1) is 16.9. The molecule has 0 aliphatic carbocycles. The van der Waals surface area contributed by atoms with Gasteiger partial charge in [-0.05, 0) is 35.2 Å². The maximum atomic E-state index is 5.91. The van der Waals surface area contributed by atoms with Crippen molar-refractivity contribution in [2.75, 3.05) is 5.73 Å². The molecule has 0 aliphatic rings. The molecule has 144 valence electrons. The van der Waals surface area contributed by atoms with E-state index in [1.807, 2.05) is 30.5 Å². The first-order valence-electron chi connectivity index (χ1n) is 9.33. The molecule has 5 heterocycles. The first-order valence-corrected chi connectivity index (χ1v) is 10.2. The van der Waals surface area contributed by atoms with Crippen LogP contribution in [0.4, 0.5) is 5.69 Å². The molecule has 0 atom stereocenters. The Morgan fingerprint density at radius 3 is 2.70 bits per heavy atom. The van der Waals surface area contributed by atoms with Crippen LogP contribution in [0.15, 0.2) is 66.6 Å². The van der Waals surface area contributed by atoms with Crippen molar-refractivity contribution >= 4 is 39.0 Å². The minimum Gasteiger partial charge on any atom is -0.397 e. The Balaban J connectivity index is 1.52. The quantitative estimate of drug-likeness (QED) is 0.386. The molecule has 8 heteroatoms. The van der Waals surface area contributed by atoms with Gasteiger partial charge < -0.3 is 10.7 Å². The number of imidazole rings is 1. The number of nitrogens with zero attached hydrogens (tertiary/aromatic N) is 4. The van der Waals surface area contributed by atoms with Crippen LogP contribution in [0.2, 0.25) is 0 Å². The zero-order chi connectivity index (χ0) is 20.1. The van der Waals surface area contributed by atoms with Gasteiger partial charge in [0.2, 0.25) is 0 Å². The summed E-state index contributed by atoms with van der Waals surface area (Å²) in [6.45, 7) is 0. The second-order valence-electron chi connectivity index (χ2n) is 6.99. The standard InChI is InChI=1S/C22H15N7S/c23-14-6-13(8-24-9-14)12-3-4-17-15(7-12)21(29-28-17)22-26-18-11-25-10-16(20(18)27-22)19-2-1-5-30-19/h1-11H,23H2,(H,26,27)(H,28,29). The molecule has 0 saturated heterocycles. The summed E-state index contributed by atoms with van der Waals surface area (Å²) in [6.07, 6.45) is 7.09. The van der Waals surface area contributed by atoms with Crippen LogP contribution in [-0.4, -0.2) is 30.1 Å². The maximum absolute atomic E-state index is 5.91. The van der Waals surface area contributed by atoms with E-state index in [1.54, 1.807) is 29.9 Å². The topological polar surface area (TPSA) is 109 Å². The second kappa shape index (κ2) is 6.50. The fourth-order valence-electron chi connectivity index (χ4n) is 3.65. The molecule has 0 spiro atoms. The van der Waals surface area contributed by atoms with Crippen LogP contribution in [0.1, 0.15) is 0 Å². The van der Waals surface area contributed by atoms with E-state index < -0.39 is 0 Å². The Kier molecular flexibility index (Phi) is 3.65. The Labute approximate surface area is 174 Å². The van der Waals surface area contributed by atoms with Gasteiger partial charge in [0.25, 0.3) is 0 Å². The predicted molar refractivity (Wildman–Crippen MR) is 120 cm³/mol. The highest BCUT2D eigenvalue weighted by Gasteiger charge is 2.16. The smallest absolute Gasteiger partial charge is 0.159 e. The Hall–Kier alpha value is -4.04. The van der Waals surface area contributed by atoms with Gasteiger partial charge in [-0.2, -0.15) is 5.10 Å². The van der Waals surface area contributed by atoms with Crippen molar-refractivity contribution in [2.45, 2.75) is 0 Å². The molecule has 0 bridgehead atoms. The van der Waals surface area contributed by atoms with Gasteiger partial charge in [0, 0.05) is 40.0 Å². The highest BCUT2D eigenvalue weighted by Crippen LogP contribution is 2.34. The van der Waals surface area contributed by atoms with Crippen molar-refractivity contribution in [1.82, 2.24) is 30.1 Å². The lowest BCUT2D eigenvalue weighted by molar-refractivity contribution is 1.11. The minimum atomic E-state index is 0.630. The van der Waals surface area contributed by atoms with Crippen molar-refractivity contribution in [3.05, 3.63) is 66.6 Å². The van der Waals surface area contributed by atoms with E-state index in [1.165, 1.54) is 0 Å². The van der Waals surface area contributed by atoms with Gasteiger partial charge in [-0.25, -0.2) is 4.98 Å². The van der Waals surface area contributed by atoms with E-state index >= 15 is 0 Å². The highest BCUT2D eigenvalue weighted by molar-refractivity contribution is 7.13. The normalized spacial score (nSPS) is 11.5. The first-order chi connectivity index (χ1) is 14.8. The van der Waals surface area contributed by atoms with Crippen LogP contribution >= 0.6 is 11.3 Å². The molecule has 0 fully saturated rings. The molecule has 30 heavy (non-hydrogen) atoms. The van der Waals surface area contributed by atoms with Crippen molar-refractivity contribution in [3.8, 4) is 33.1 Å². The molecule has 0 unspecified atom stereocenters. The number of benzene rings is 1. The van der Waals surface area contributed by atoms with Crippen molar-refractivity contribution < 1.29 is 0 Å². The SMILES string of the molecule is Nc1cncc(-c2ccc3[nH]nc(-c4nc5c(-c6cccs6)cncc5[nH]4)c3c2)c1. The summed E-state index contributed by atoms with van der Waals surface area (Å²) >= 11 is 1.67. The number of hydrogen-bond acceptors (Lipinski definition) is 6. The van der Waals surface area contributed by atoms with E-state index in [4.69, 9.17) is 10.7 Å². The summed E-state index contributed by atoms with van der Waals surface area (Å²) < 4.78 is 0. The van der Waals surface area contributed by atoms with E-state index in [0.717, 1.165) is 49.2 Å². The third kappa shape index (κ3) is 2.66. The van der Waals surface area contributed by atoms with E-state index in [9.17, 15) is 0 Å². The fraction of sp³-hybridized carbons (Fsp3) is 0. The van der Waals surface area contributed by atoms with Gasteiger partial charge in [-0.15, -0.1) is 11.3 Å². The Morgan fingerprint density at radius 1 is 0.900 bits per heavy atom. The summed E-state index contributed by atoms with van der Waals surface area (Å²) in [5.74, 6) is 0.699. The van der Waals surface area contributed by atoms with Crippen LogP contribution < -0.4 is 5.73 Å². The Morgan fingerprint density at radius 2 is 1.83 bits per heavy atom. The minimum absolute atomic E-state index is 0.630. The van der Waals surface area contributed by atoms with Gasteiger partial charge in [0.15, 0.2) is 5.82 Å². The summed E-state index contributed by atoms with van der Waals surface area (Å²) in [5.41, 5.74) is 13.0. The molecule has 1 aromatic carbocycles. The average Bonchev–Trinajstić information content (AvgIpc) is 3.51. The molecule has 0 amide bonds. The number of fused-ring (bicyclic) bond motifs is 2. The Bertz CT molecular complexity index is 1510. The zero-order valence-electron chi connectivity index (χ0n) is 15.6. The number of rotatable bonds is 3. The number of hydrogen-bond donors (Lipinski definition) is 3. The van der Waals surface area contributed by atoms with Gasteiger partial charge in [0.05, 0.1) is 22.9 Å². The number of nitrogens with one attached hydrogen (secondary N) is 2. The van der Waals surface area contributed by atoms with Crippen molar-refractivity contribution in [2.24, 2.45) is 0 Å². The monoisotopic (exact) mass is 409 g/mol. The average molecular weight is 409 g/mol. The lowest BCUT2D eigenvalue weighted by Crippen LogP contribution is -1.88. The van der Waals surface area contributed by atoms with E-state index in [-0.39, 0.29) is 0 Å². The summed E-state index contributed by atoms with van der Waals surface area (Å²) in [7, 11) is 0. The predicted octanol–water partition coefficient (Wildman–Crippen LogP) is 4.87. The van der Waals surface area contributed by atoms with Crippen LogP contribution in [0.25, 0.3) is 55.0 Å². The molecule has 5 aromatic heterocycles. The molecule has 0 radical (unpaired) electrons. The van der Waals surface area contributed by atoms with Gasteiger partial charge in [-0.3, -0.25) is 15.1 Å². The third-order valence-corrected chi connectivity index (χ3v) is 5.96. The number of pyridine rings is 2. The highest BCUT2D eigenvalue weighted by atomic mass is 32.1. The van der Waals surface area contributed by atoms with E-state index in [2.05, 4.69) is 42.7 Å². The summed E-state index contributed by atoms with van der Waals surface area (Å²) in [4.78, 5) is 18.0. The maximum Gasteiger partial charge on any atom is 0.159 e. The lowest BCUT2D eigenvalue weighted by atomic mass is 10.0. The molecule has 6 aromatic rings. The number of aromatic nitrogens is 6. The molecule has 0 aliphatic heterocycles. The van der Waals surface area contributed by atoms with Crippen LogP contribution in [-0.2, 0) is 0 Å². The number of H-pyrrole nitrogens is 2. The second-order valence-corrected chi connectivity index (χ2v) is 7.93. The van der Waals surface area contributed by atoms with Gasteiger partial charge in [0.1, 0.15) is 11.2 Å². The molecule has 4 N–H and O–H groups in total. The molecular weight excluding hydrogens is 394 g/mol. The molecule has 7 nitrogen and oxygen atoms in total. The number of nitrogen functional groups attached to an aromatic ring is 1. The zero-order valence-corrected chi connectivity index (χ0v) is 16.4. The van der Waals surface area contributed by atoms with Crippen molar-refractivity contribution in [3.63, 3.8) is 0 Å². The number of thiophene rings is 1. The molecule has 6 rings (SSSR count). The third-order valence-electron chi connectivity index (χ3n) is 5.06. The summed E-state index contributed by atoms with van der Waals surface area (Å²) in [6, 6.07) is 12.1. The van der Waals surface area contributed by atoms with Gasteiger partial charge in [-0.1, -0.05) is 12.1 Å². The van der Waals surface area contributed by atoms with Crippen molar-refractivity contribution in [1.29, 1.82) is 0 Å². The fourth-order valence-corrected chi connectivity index (χ4v) is 4.38. The molecule has 0 saturated carbocycles. The van der Waals surface area contributed by atoms with Gasteiger partial charge >= 0.3 is 0 Å². The number of aromatic amines is 2. The van der Waals surface area contributed by atoms with Crippen LogP contribution in [0.5, 0.6) is 0 Å². The number of nitrogens with two attached hydrogens (primary N) is 1. The lowest BCUT2D eigenvalue weighted by Gasteiger charge is -2.03. The number of anilines is 1. The van der Waals surface area contributed by atoms with Crippen LogP contribution in [0.3, 0.4) is 0 Å². The summed E-state index contributed by atoms with van der Waals surface area (Å²) in [5, 5.41) is 10.7. The largest absolute Gasteiger partial charge is 0.397 e.